The van der Waals surface area contributed by atoms with Crippen LogP contribution in [0.2, 0.25) is 0 Å². The molecule has 2 amide bonds. The molecule has 0 radical (unpaired) electrons. The maximum atomic E-state index is 13.6. The van der Waals surface area contributed by atoms with Gasteiger partial charge < -0.3 is 31.1 Å². The molecular formula is C33H56N6O11+4. The molecule has 280 valence electrons. The van der Waals surface area contributed by atoms with Crippen molar-refractivity contribution in [1.29, 1.82) is 0 Å². The Morgan fingerprint density at radius 2 is 1.06 bits per heavy atom. The van der Waals surface area contributed by atoms with E-state index in [2.05, 4.69) is 17.7 Å². The van der Waals surface area contributed by atoms with Gasteiger partial charge in [-0.15, -0.1) is 8.97 Å². The third-order valence-electron chi connectivity index (χ3n) is 12.0. The summed E-state index contributed by atoms with van der Waals surface area (Å²) in [6, 6.07) is -1.97. The lowest BCUT2D eigenvalue weighted by Gasteiger charge is -2.49. The highest BCUT2D eigenvalue weighted by Gasteiger charge is 2.98. The normalized spacial score (nSPS) is 31.1. The summed E-state index contributed by atoms with van der Waals surface area (Å²) >= 11 is 0. The predicted octanol–water partition coefficient (Wildman–Crippen LogP) is -0.0154. The number of hydrogen-bond donors (Lipinski definition) is 6. The largest absolute Gasteiger partial charge is 0.482 e. The number of hydrogen-bond acceptors (Lipinski definition) is 7. The molecule has 17 nitrogen and oxygen atoms in total. The van der Waals surface area contributed by atoms with Crippen LogP contribution in [0.1, 0.15) is 70.6 Å². The van der Waals surface area contributed by atoms with Gasteiger partial charge in [0.1, 0.15) is 64.2 Å². The predicted molar refractivity (Wildman–Crippen MR) is 175 cm³/mol. The average molecular weight is 713 g/mol. The van der Waals surface area contributed by atoms with Crippen LogP contribution in [0.3, 0.4) is 0 Å². The van der Waals surface area contributed by atoms with Gasteiger partial charge in [0.05, 0.1) is 7.05 Å². The zero-order valence-corrected chi connectivity index (χ0v) is 29.3. The van der Waals surface area contributed by atoms with E-state index < -0.39 is 41.9 Å². The molecular weight excluding hydrogens is 656 g/mol. The molecule has 0 aliphatic carbocycles. The average Bonchev–Trinajstić information content (AvgIpc) is 3.65. The second-order valence-corrected chi connectivity index (χ2v) is 15.2. The first kappa shape index (κ1) is 39.1. The Bertz CT molecular complexity index is 1340. The molecule has 1 spiro atoms. The first-order chi connectivity index (χ1) is 23.6. The number of unbranched alkanes of at least 4 members (excludes halogenated alkanes) is 4. The van der Waals surface area contributed by atoms with Gasteiger partial charge in [0.2, 0.25) is 0 Å². The third-order valence-corrected chi connectivity index (χ3v) is 12.0. The highest BCUT2D eigenvalue weighted by atomic mass is 16.4. The van der Waals surface area contributed by atoms with Crippen LogP contribution in [0.5, 0.6) is 0 Å². The molecule has 4 saturated heterocycles. The molecule has 4 rings (SSSR count). The summed E-state index contributed by atoms with van der Waals surface area (Å²) in [7, 11) is 2.15. The monoisotopic (exact) mass is 712 g/mol. The number of nitrogens with zero attached hydrogens (tertiary/aromatic N) is 4. The molecule has 0 bridgehead atoms. The fourth-order valence-electron chi connectivity index (χ4n) is 10.4. The van der Waals surface area contributed by atoms with E-state index >= 15 is 0 Å². The number of carboxylic acid groups (broad SMARTS) is 4. The molecule has 0 saturated carbocycles. The Hall–Kier alpha value is -3.67. The second kappa shape index (κ2) is 15.7. The lowest BCUT2D eigenvalue weighted by atomic mass is 10.0. The molecule has 2 unspecified atom stereocenters. The minimum absolute atomic E-state index is 0.00292. The molecule has 6 N–H and O–H groups in total. The molecule has 0 aromatic rings. The van der Waals surface area contributed by atoms with Crippen LogP contribution in [0, 0.1) is 0 Å². The summed E-state index contributed by atoms with van der Waals surface area (Å²) in [5.74, 6) is -4.70. The summed E-state index contributed by atoms with van der Waals surface area (Å²) in [6.45, 7) is 5.75. The molecule has 0 aromatic carbocycles. The van der Waals surface area contributed by atoms with Crippen LogP contribution < -0.4 is 10.6 Å². The molecule has 4 heterocycles. The Morgan fingerprint density at radius 3 is 1.56 bits per heavy atom. The number of aliphatic carboxylic acids is 4. The van der Waals surface area contributed by atoms with Crippen LogP contribution in [0.15, 0.2) is 0 Å². The van der Waals surface area contributed by atoms with Crippen molar-refractivity contribution < 1.29 is 71.9 Å². The van der Waals surface area contributed by atoms with Crippen molar-refractivity contribution >= 4 is 41.5 Å². The van der Waals surface area contributed by atoms with Crippen LogP contribution in [0.25, 0.3) is 0 Å². The first-order valence-corrected chi connectivity index (χ1v) is 18.0. The van der Waals surface area contributed by atoms with E-state index in [1.54, 1.807) is 0 Å². The summed E-state index contributed by atoms with van der Waals surface area (Å²) in [5.41, 5.74) is 0. The molecule has 50 heavy (non-hydrogen) atoms. The number of carbonyl (C=O) groups is 7. The van der Waals surface area contributed by atoms with E-state index in [1.165, 1.54) is 0 Å². The number of urea groups is 1. The Balaban J connectivity index is 1.20. The summed E-state index contributed by atoms with van der Waals surface area (Å²) in [4.78, 5) is 84.5. The molecule has 6 atom stereocenters. The number of likely N-dealkylation sites (N-methyl/N-ethyl adjacent to an activating group) is 1. The third kappa shape index (κ3) is 7.50. The van der Waals surface area contributed by atoms with Crippen molar-refractivity contribution in [2.45, 2.75) is 82.6 Å². The van der Waals surface area contributed by atoms with Crippen molar-refractivity contribution in [3.05, 3.63) is 0 Å². The highest BCUT2D eigenvalue weighted by molar-refractivity contribution is 5.84. The minimum atomic E-state index is -1.26. The van der Waals surface area contributed by atoms with Gasteiger partial charge in [-0.05, 0) is 25.7 Å². The Labute approximate surface area is 292 Å². The smallest absolute Gasteiger partial charge is 0.481 e. The molecule has 0 aromatic heterocycles. The van der Waals surface area contributed by atoms with Crippen LogP contribution in [0.4, 0.5) is 4.79 Å². The maximum Gasteiger partial charge on any atom is 0.482 e. The molecule has 4 fully saturated rings. The van der Waals surface area contributed by atoms with Gasteiger partial charge in [-0.2, -0.15) is 8.97 Å². The van der Waals surface area contributed by atoms with Gasteiger partial charge in [-0.3, -0.25) is 14.4 Å². The topological polar surface area (TPSA) is 224 Å². The van der Waals surface area contributed by atoms with Crippen molar-refractivity contribution in [2.24, 2.45) is 0 Å². The number of carbonyl (C=O) groups excluding carboxylic acids is 3. The Morgan fingerprint density at radius 1 is 0.580 bits per heavy atom. The van der Waals surface area contributed by atoms with Crippen molar-refractivity contribution in [2.75, 3.05) is 85.6 Å². The van der Waals surface area contributed by atoms with Gasteiger partial charge in [0, 0.05) is 32.2 Å². The standard InChI is InChI=1S/C33H52N6O11/c1-36-14-16-37(18-19-39(24-30(46)47)21-20-38(17-15-36,23-29(44)45)33(36,37)39)22-26(41)9-6-4-2-3-5-8-25(40)11-12-27(31(48)49)35-32(50)34-13-7-10-28(42)43/h27H,2-24H2,1H3,(H2-4,34,35,42,43,44,45,46,47,48,49,50)/p+4/t27-,33-,36?,37-,38?,39-/m0/s1. The second-order valence-electron chi connectivity index (χ2n) is 15.2. The summed E-state index contributed by atoms with van der Waals surface area (Å²) in [5, 5.41) is 42.8. The van der Waals surface area contributed by atoms with Crippen LogP contribution in [-0.2, 0) is 28.8 Å². The van der Waals surface area contributed by atoms with Crippen LogP contribution in [-0.4, -0.2) is 177 Å². The lowest BCUT2D eigenvalue weighted by molar-refractivity contribution is -1.36. The highest BCUT2D eigenvalue weighted by Crippen LogP contribution is 2.61. The maximum absolute atomic E-state index is 13.6. The van der Waals surface area contributed by atoms with Gasteiger partial charge in [0.15, 0.2) is 25.4 Å². The van der Waals surface area contributed by atoms with E-state index in [1.807, 2.05) is 0 Å². The van der Waals surface area contributed by atoms with Gasteiger partial charge in [0.25, 0.3) is 0 Å². The van der Waals surface area contributed by atoms with Crippen molar-refractivity contribution in [1.82, 2.24) is 10.6 Å². The van der Waals surface area contributed by atoms with E-state index in [0.29, 0.717) is 82.9 Å². The number of carboxylic acids is 4. The van der Waals surface area contributed by atoms with Crippen molar-refractivity contribution in [3.8, 4) is 0 Å². The minimum Gasteiger partial charge on any atom is -0.481 e. The van der Waals surface area contributed by atoms with Gasteiger partial charge >= 0.3 is 35.8 Å². The Kier molecular flexibility index (Phi) is 12.3. The van der Waals surface area contributed by atoms with Gasteiger partial charge in [-0.1, -0.05) is 19.3 Å². The number of quaternary nitrogens is 4. The zero-order valence-electron chi connectivity index (χ0n) is 29.3. The molecule has 17 heteroatoms. The summed E-state index contributed by atoms with van der Waals surface area (Å²) < 4.78 is 1.77. The van der Waals surface area contributed by atoms with E-state index in [0.717, 1.165) is 38.9 Å². The van der Waals surface area contributed by atoms with E-state index in [4.69, 9.17) is 5.11 Å². The van der Waals surface area contributed by atoms with Gasteiger partial charge in [-0.25, -0.2) is 19.2 Å². The molecule has 4 aliphatic rings. The van der Waals surface area contributed by atoms with E-state index in [9.17, 15) is 48.9 Å². The zero-order chi connectivity index (χ0) is 36.8. The number of ketones is 2. The number of Topliss-reactive ketones (excluding diaryl/α,β-unsaturated/α-hetero) is 2. The van der Waals surface area contributed by atoms with Crippen molar-refractivity contribution in [3.63, 3.8) is 0 Å². The number of amides is 2. The van der Waals surface area contributed by atoms with Crippen LogP contribution >= 0.6 is 0 Å². The number of rotatable bonds is 23. The SMILES string of the molecule is C[N+]12CC[N+]3(CC(=O)O)CC[N@+]4(CC(=O)O)CC[N@+](CC(=O)CCCCCCCC(=O)CC[C@H](NC(=O)NCCCC(=O)O)C(=O)O)(CC1)[C@@]234. The molecule has 4 aliphatic heterocycles. The summed E-state index contributed by atoms with van der Waals surface area (Å²) in [6.07, 6.45) is 4.48. The lowest BCUT2D eigenvalue weighted by Crippen LogP contribution is -2.85. The first-order valence-electron chi connectivity index (χ1n) is 18.0. The fraction of sp³-hybridized carbons (Fsp3) is 0.788. The quantitative estimate of drug-likeness (QED) is 0.0610. The number of nitrogens with one attached hydrogen (secondary N) is 2. The fourth-order valence-corrected chi connectivity index (χ4v) is 10.4. The van der Waals surface area contributed by atoms with E-state index in [-0.39, 0.29) is 56.9 Å².